The van der Waals surface area contributed by atoms with Gasteiger partial charge in [-0.25, -0.2) is 4.98 Å². The topological polar surface area (TPSA) is 59.8 Å². The van der Waals surface area contributed by atoms with Crippen LogP contribution in [-0.2, 0) is 7.05 Å². The Morgan fingerprint density at radius 1 is 1.25 bits per heavy atom. The Kier molecular flexibility index (Phi) is 3.66. The zero-order valence-corrected chi connectivity index (χ0v) is 14.7. The monoisotopic (exact) mass is 354 g/mol. The van der Waals surface area contributed by atoms with E-state index in [1.165, 1.54) is 11.3 Å². The number of fused-ring (bicyclic) bond motifs is 1. The number of para-hydroxylation sites is 1. The van der Waals surface area contributed by atoms with Gasteiger partial charge < -0.3 is 5.32 Å². The Bertz CT molecular complexity index is 991. The Balaban J connectivity index is 1.69. The second-order valence-corrected chi connectivity index (χ2v) is 7.35. The van der Waals surface area contributed by atoms with E-state index in [2.05, 4.69) is 21.5 Å². The number of hydrogen-bond donors (Lipinski definition) is 1. The molecule has 0 aliphatic carbocycles. The van der Waals surface area contributed by atoms with Crippen LogP contribution >= 0.6 is 22.7 Å². The van der Waals surface area contributed by atoms with Crippen LogP contribution in [0.2, 0.25) is 0 Å². The molecule has 1 aromatic carbocycles. The molecule has 0 atom stereocenters. The average Bonchev–Trinajstić information content (AvgIpc) is 3.25. The Hall–Kier alpha value is -2.51. The first kappa shape index (κ1) is 15.0. The molecule has 0 spiro atoms. The summed E-state index contributed by atoms with van der Waals surface area (Å²) in [4.78, 5) is 17.3. The Labute approximate surface area is 146 Å². The normalized spacial score (nSPS) is 11.1. The van der Waals surface area contributed by atoms with Crippen molar-refractivity contribution in [3.05, 3.63) is 53.2 Å². The van der Waals surface area contributed by atoms with Gasteiger partial charge in [-0.3, -0.25) is 9.48 Å². The first-order valence-electron chi connectivity index (χ1n) is 7.37. The molecule has 1 N–H and O–H groups in total. The van der Waals surface area contributed by atoms with Crippen molar-refractivity contribution in [2.24, 2.45) is 7.05 Å². The van der Waals surface area contributed by atoms with Crippen molar-refractivity contribution in [1.82, 2.24) is 14.8 Å². The fourth-order valence-corrected chi connectivity index (χ4v) is 4.44. The minimum atomic E-state index is -0.155. The summed E-state index contributed by atoms with van der Waals surface area (Å²) < 4.78 is 2.73. The third-order valence-electron chi connectivity index (χ3n) is 3.75. The maximum absolute atomic E-state index is 12.6. The number of thiophene rings is 1. The highest BCUT2D eigenvalue weighted by Gasteiger charge is 2.18. The highest BCUT2D eigenvalue weighted by Crippen LogP contribution is 2.37. The maximum Gasteiger partial charge on any atom is 0.274 e. The number of aryl methyl sites for hydroxylation is 2. The molecule has 24 heavy (non-hydrogen) atoms. The van der Waals surface area contributed by atoms with Crippen LogP contribution in [0.15, 0.2) is 41.9 Å². The van der Waals surface area contributed by atoms with Crippen LogP contribution in [0.3, 0.4) is 0 Å². The van der Waals surface area contributed by atoms with Gasteiger partial charge in [0.05, 0.1) is 16.4 Å². The largest absolute Gasteiger partial charge is 0.312 e. The zero-order valence-electron chi connectivity index (χ0n) is 13.1. The molecular formula is C17H14N4OS2. The molecule has 120 valence electrons. The van der Waals surface area contributed by atoms with Crippen molar-refractivity contribution >= 4 is 43.8 Å². The molecule has 5 nitrogen and oxygen atoms in total. The molecule has 1 amide bonds. The average molecular weight is 354 g/mol. The number of anilines is 1. The van der Waals surface area contributed by atoms with Crippen LogP contribution in [0.1, 0.15) is 16.1 Å². The molecule has 0 saturated carbocycles. The molecule has 0 bridgehead atoms. The number of nitrogens with zero attached hydrogens (tertiary/aromatic N) is 3. The van der Waals surface area contributed by atoms with Gasteiger partial charge in [0.15, 0.2) is 0 Å². The third-order valence-corrected chi connectivity index (χ3v) is 5.65. The molecule has 0 aliphatic rings. The van der Waals surface area contributed by atoms with Crippen LogP contribution in [0, 0.1) is 6.92 Å². The summed E-state index contributed by atoms with van der Waals surface area (Å²) in [7, 11) is 1.77. The highest BCUT2D eigenvalue weighted by molar-refractivity contribution is 7.22. The first-order chi connectivity index (χ1) is 11.6. The number of nitrogens with one attached hydrogen (secondary N) is 1. The van der Waals surface area contributed by atoms with E-state index < -0.39 is 0 Å². The van der Waals surface area contributed by atoms with Gasteiger partial charge in [0.2, 0.25) is 0 Å². The molecule has 3 aromatic heterocycles. The van der Waals surface area contributed by atoms with E-state index in [0.29, 0.717) is 5.69 Å². The van der Waals surface area contributed by atoms with Gasteiger partial charge in [-0.2, -0.15) is 5.10 Å². The minimum absolute atomic E-state index is 0.155. The molecule has 4 aromatic rings. The number of rotatable bonds is 3. The number of carbonyl (C=O) groups excluding carboxylic acids is 1. The van der Waals surface area contributed by atoms with Gasteiger partial charge in [-0.1, -0.05) is 12.1 Å². The molecular weight excluding hydrogens is 340 g/mol. The fraction of sp³-hybridized carbons (Fsp3) is 0.118. The summed E-state index contributed by atoms with van der Waals surface area (Å²) in [5.74, 6) is -0.155. The van der Waals surface area contributed by atoms with E-state index in [4.69, 9.17) is 0 Å². The number of aromatic nitrogens is 3. The fourth-order valence-electron chi connectivity index (χ4n) is 2.60. The Morgan fingerprint density at radius 3 is 2.83 bits per heavy atom. The quantitative estimate of drug-likeness (QED) is 0.596. The van der Waals surface area contributed by atoms with Gasteiger partial charge >= 0.3 is 0 Å². The molecule has 3 heterocycles. The number of benzene rings is 1. The highest BCUT2D eigenvalue weighted by atomic mass is 32.1. The van der Waals surface area contributed by atoms with E-state index in [1.807, 2.05) is 36.6 Å². The lowest BCUT2D eigenvalue weighted by Crippen LogP contribution is -2.17. The summed E-state index contributed by atoms with van der Waals surface area (Å²) in [6.07, 6.45) is 1.69. The van der Waals surface area contributed by atoms with E-state index in [9.17, 15) is 4.79 Å². The van der Waals surface area contributed by atoms with E-state index in [0.717, 1.165) is 31.4 Å². The summed E-state index contributed by atoms with van der Waals surface area (Å²) >= 11 is 3.12. The van der Waals surface area contributed by atoms with Crippen molar-refractivity contribution in [2.45, 2.75) is 6.92 Å². The summed E-state index contributed by atoms with van der Waals surface area (Å²) in [6.45, 7) is 1.88. The number of hydrogen-bond acceptors (Lipinski definition) is 5. The molecule has 0 aliphatic heterocycles. The van der Waals surface area contributed by atoms with Gasteiger partial charge in [0.25, 0.3) is 5.91 Å². The molecule has 0 radical (unpaired) electrons. The molecule has 0 saturated heterocycles. The van der Waals surface area contributed by atoms with Gasteiger partial charge in [-0.05, 0) is 36.1 Å². The van der Waals surface area contributed by atoms with E-state index in [1.54, 1.807) is 29.3 Å². The van der Waals surface area contributed by atoms with Crippen LogP contribution in [0.4, 0.5) is 5.00 Å². The molecule has 0 unspecified atom stereocenters. The number of amides is 1. The smallest absolute Gasteiger partial charge is 0.274 e. The van der Waals surface area contributed by atoms with Crippen molar-refractivity contribution < 1.29 is 4.79 Å². The predicted octanol–water partition coefficient (Wildman–Crippen LogP) is 4.32. The van der Waals surface area contributed by atoms with Gasteiger partial charge in [0, 0.05) is 12.6 Å². The number of carbonyl (C=O) groups is 1. The van der Waals surface area contributed by atoms with Crippen LogP contribution in [0.5, 0.6) is 0 Å². The van der Waals surface area contributed by atoms with Gasteiger partial charge in [-0.15, -0.1) is 22.7 Å². The molecule has 0 fully saturated rings. The molecule has 4 rings (SSSR count). The first-order valence-corrected chi connectivity index (χ1v) is 9.06. The SMILES string of the molecule is Cc1cnn(C)c1C(=O)Nc1sccc1-c1nc2ccccc2s1. The number of thiazole rings is 1. The van der Waals surface area contributed by atoms with Gasteiger partial charge in [0.1, 0.15) is 15.7 Å². The maximum atomic E-state index is 12.6. The Morgan fingerprint density at radius 2 is 2.08 bits per heavy atom. The predicted molar refractivity (Wildman–Crippen MR) is 98.8 cm³/mol. The van der Waals surface area contributed by atoms with E-state index in [-0.39, 0.29) is 5.91 Å². The second kappa shape index (κ2) is 5.85. The summed E-state index contributed by atoms with van der Waals surface area (Å²) in [5.41, 5.74) is 3.35. The zero-order chi connectivity index (χ0) is 16.7. The van der Waals surface area contributed by atoms with Crippen molar-refractivity contribution in [1.29, 1.82) is 0 Å². The summed E-state index contributed by atoms with van der Waals surface area (Å²) in [6, 6.07) is 10.0. The lowest BCUT2D eigenvalue weighted by molar-refractivity contribution is 0.101. The van der Waals surface area contributed by atoms with Crippen molar-refractivity contribution in [3.8, 4) is 10.6 Å². The molecule has 7 heteroatoms. The summed E-state index contributed by atoms with van der Waals surface area (Å²) in [5, 5.41) is 10.8. The minimum Gasteiger partial charge on any atom is -0.312 e. The lowest BCUT2D eigenvalue weighted by atomic mass is 10.2. The third kappa shape index (κ3) is 2.51. The van der Waals surface area contributed by atoms with Crippen LogP contribution in [0.25, 0.3) is 20.8 Å². The lowest BCUT2D eigenvalue weighted by Gasteiger charge is -2.06. The standard InChI is InChI=1S/C17H14N4OS2/c1-10-9-18-21(2)14(10)15(22)20-16-11(7-8-23-16)17-19-12-5-3-4-6-13(12)24-17/h3-9H,1-2H3,(H,20,22). The van der Waals surface area contributed by atoms with Crippen LogP contribution in [-0.4, -0.2) is 20.7 Å². The van der Waals surface area contributed by atoms with Crippen LogP contribution < -0.4 is 5.32 Å². The second-order valence-electron chi connectivity index (χ2n) is 5.40. The van der Waals surface area contributed by atoms with Crippen molar-refractivity contribution in [3.63, 3.8) is 0 Å². The van der Waals surface area contributed by atoms with Crippen molar-refractivity contribution in [2.75, 3.05) is 5.32 Å². The van der Waals surface area contributed by atoms with E-state index >= 15 is 0 Å².